The van der Waals surface area contributed by atoms with Gasteiger partial charge in [0.2, 0.25) is 0 Å². The fraction of sp³-hybridized carbons (Fsp3) is 0.231. The van der Waals surface area contributed by atoms with Gasteiger partial charge in [-0.3, -0.25) is 10.1 Å². The van der Waals surface area contributed by atoms with E-state index in [0.717, 1.165) is 0 Å². The lowest BCUT2D eigenvalue weighted by Crippen LogP contribution is -2.05. The Morgan fingerprint density at radius 3 is 2.45 bits per heavy atom. The summed E-state index contributed by atoms with van der Waals surface area (Å²) in [6.45, 7) is 2.24. The standard InChI is InChI=1S/C13H10Cl4N2O3/c1-2-22-6-18-11(7-3-4-8(14)9(15)5-7)12(19(20)21)10(16)13(18)17/h3-5H,2,6H2,1H3. The number of halogens is 4. The molecule has 9 heteroatoms. The van der Waals surface area contributed by atoms with Gasteiger partial charge in [0.05, 0.1) is 15.0 Å². The van der Waals surface area contributed by atoms with Crippen molar-refractivity contribution in [2.75, 3.05) is 6.61 Å². The Labute approximate surface area is 146 Å². The first-order chi connectivity index (χ1) is 10.4. The Kier molecular flexibility index (Phi) is 5.58. The molecule has 0 saturated heterocycles. The van der Waals surface area contributed by atoms with Gasteiger partial charge in [-0.05, 0) is 19.1 Å². The number of benzene rings is 1. The van der Waals surface area contributed by atoms with E-state index in [0.29, 0.717) is 17.2 Å². The molecule has 0 unspecified atom stereocenters. The van der Waals surface area contributed by atoms with Crippen LogP contribution in [0.15, 0.2) is 18.2 Å². The Morgan fingerprint density at radius 2 is 1.91 bits per heavy atom. The molecule has 0 radical (unpaired) electrons. The van der Waals surface area contributed by atoms with Crippen molar-refractivity contribution in [2.24, 2.45) is 0 Å². The lowest BCUT2D eigenvalue weighted by molar-refractivity contribution is -0.384. The van der Waals surface area contributed by atoms with Crippen LogP contribution in [0.3, 0.4) is 0 Å². The summed E-state index contributed by atoms with van der Waals surface area (Å²) in [4.78, 5) is 10.8. The maximum Gasteiger partial charge on any atom is 0.315 e. The molecule has 2 rings (SSSR count). The van der Waals surface area contributed by atoms with Crippen molar-refractivity contribution in [1.29, 1.82) is 0 Å². The van der Waals surface area contributed by atoms with Crippen molar-refractivity contribution in [2.45, 2.75) is 13.7 Å². The number of hydrogen-bond donors (Lipinski definition) is 0. The van der Waals surface area contributed by atoms with Gasteiger partial charge in [0.1, 0.15) is 17.6 Å². The van der Waals surface area contributed by atoms with E-state index in [-0.39, 0.29) is 33.3 Å². The predicted octanol–water partition coefficient (Wildman–Crippen LogP) is 5.67. The zero-order valence-corrected chi connectivity index (χ0v) is 14.3. The summed E-state index contributed by atoms with van der Waals surface area (Å²) in [7, 11) is 0. The molecule has 0 N–H and O–H groups in total. The minimum absolute atomic E-state index is 0.0263. The molecule has 0 fully saturated rings. The second kappa shape index (κ2) is 7.06. The van der Waals surface area contributed by atoms with Gasteiger partial charge in [-0.25, -0.2) is 0 Å². The minimum atomic E-state index is -0.589. The summed E-state index contributed by atoms with van der Waals surface area (Å²) in [5.41, 5.74) is 0.381. The third-order valence-electron chi connectivity index (χ3n) is 2.92. The van der Waals surface area contributed by atoms with Crippen LogP contribution in [-0.4, -0.2) is 16.1 Å². The topological polar surface area (TPSA) is 57.3 Å². The van der Waals surface area contributed by atoms with E-state index < -0.39 is 4.92 Å². The molecule has 0 aliphatic heterocycles. The molecular formula is C13H10Cl4N2O3. The molecule has 0 aliphatic rings. The fourth-order valence-corrected chi connectivity index (χ4v) is 2.73. The van der Waals surface area contributed by atoms with Crippen LogP contribution >= 0.6 is 46.4 Å². The van der Waals surface area contributed by atoms with Gasteiger partial charge >= 0.3 is 5.69 Å². The summed E-state index contributed by atoms with van der Waals surface area (Å²) < 4.78 is 6.72. The average Bonchev–Trinajstić information content (AvgIpc) is 2.72. The SMILES string of the molecule is CCOCn1c(Cl)c(Cl)c([N+](=O)[O-])c1-c1ccc(Cl)c(Cl)c1. The van der Waals surface area contributed by atoms with Crippen LogP contribution in [0.2, 0.25) is 20.2 Å². The first kappa shape index (κ1) is 17.4. The van der Waals surface area contributed by atoms with Crippen LogP contribution in [0.25, 0.3) is 11.3 Å². The molecule has 2 aromatic rings. The predicted molar refractivity (Wildman–Crippen MR) is 88.2 cm³/mol. The van der Waals surface area contributed by atoms with Crippen LogP contribution in [0.1, 0.15) is 6.92 Å². The summed E-state index contributed by atoms with van der Waals surface area (Å²) >= 11 is 24.0. The number of nitrogens with zero attached hydrogens (tertiary/aromatic N) is 2. The smallest absolute Gasteiger partial charge is 0.315 e. The first-order valence-corrected chi connectivity index (χ1v) is 7.64. The van der Waals surface area contributed by atoms with Crippen LogP contribution < -0.4 is 0 Å². The zero-order valence-electron chi connectivity index (χ0n) is 11.3. The monoisotopic (exact) mass is 382 g/mol. The summed E-state index contributed by atoms with van der Waals surface area (Å²) in [5, 5.41) is 11.9. The lowest BCUT2D eigenvalue weighted by atomic mass is 10.1. The first-order valence-electron chi connectivity index (χ1n) is 6.13. The Morgan fingerprint density at radius 1 is 1.23 bits per heavy atom. The van der Waals surface area contributed by atoms with Crippen molar-refractivity contribution >= 4 is 52.1 Å². The molecule has 0 aliphatic carbocycles. The van der Waals surface area contributed by atoms with E-state index >= 15 is 0 Å². The third kappa shape index (κ3) is 3.19. The molecule has 0 saturated carbocycles. The van der Waals surface area contributed by atoms with Crippen molar-refractivity contribution in [1.82, 2.24) is 4.57 Å². The second-order valence-corrected chi connectivity index (χ2v) is 5.79. The Balaban J connectivity index is 2.72. The van der Waals surface area contributed by atoms with E-state index in [1.54, 1.807) is 19.1 Å². The number of aromatic nitrogens is 1. The summed E-state index contributed by atoms with van der Waals surface area (Å²) in [6.07, 6.45) is 0. The van der Waals surface area contributed by atoms with Gasteiger partial charge in [-0.1, -0.05) is 52.5 Å². The molecule has 1 heterocycles. The van der Waals surface area contributed by atoms with E-state index in [1.807, 2.05) is 0 Å². The van der Waals surface area contributed by atoms with E-state index in [2.05, 4.69) is 0 Å². The van der Waals surface area contributed by atoms with Gasteiger partial charge < -0.3 is 9.30 Å². The van der Waals surface area contributed by atoms with Crippen molar-refractivity contribution in [3.8, 4) is 11.3 Å². The van der Waals surface area contributed by atoms with Gasteiger partial charge in [0.25, 0.3) is 0 Å². The van der Waals surface area contributed by atoms with Crippen LogP contribution in [0.5, 0.6) is 0 Å². The molecule has 1 aromatic heterocycles. The van der Waals surface area contributed by atoms with E-state index in [9.17, 15) is 10.1 Å². The van der Waals surface area contributed by atoms with Gasteiger partial charge in [-0.15, -0.1) is 0 Å². The van der Waals surface area contributed by atoms with Crippen LogP contribution in [-0.2, 0) is 11.5 Å². The largest absolute Gasteiger partial charge is 0.361 e. The molecule has 0 bridgehead atoms. The number of nitro groups is 1. The molecular weight excluding hydrogens is 374 g/mol. The van der Waals surface area contributed by atoms with Crippen molar-refractivity contribution in [3.63, 3.8) is 0 Å². The van der Waals surface area contributed by atoms with Crippen LogP contribution in [0, 0.1) is 10.1 Å². The average molecular weight is 384 g/mol. The van der Waals surface area contributed by atoms with Crippen molar-refractivity contribution in [3.05, 3.63) is 48.5 Å². The fourth-order valence-electron chi connectivity index (χ4n) is 1.95. The zero-order chi connectivity index (χ0) is 16.4. The highest BCUT2D eigenvalue weighted by molar-refractivity contribution is 6.44. The normalized spacial score (nSPS) is 11.0. The number of rotatable bonds is 5. The molecule has 0 atom stereocenters. The highest BCUT2D eigenvalue weighted by atomic mass is 35.5. The Bertz CT molecular complexity index is 731. The number of hydrogen-bond acceptors (Lipinski definition) is 3. The lowest BCUT2D eigenvalue weighted by Gasteiger charge is -2.10. The maximum atomic E-state index is 11.4. The highest BCUT2D eigenvalue weighted by Crippen LogP contribution is 2.44. The highest BCUT2D eigenvalue weighted by Gasteiger charge is 2.30. The summed E-state index contributed by atoms with van der Waals surface area (Å²) in [5.74, 6) is 0. The van der Waals surface area contributed by atoms with E-state index in [1.165, 1.54) is 10.6 Å². The number of ether oxygens (including phenoxy) is 1. The molecule has 5 nitrogen and oxygen atoms in total. The maximum absolute atomic E-state index is 11.4. The minimum Gasteiger partial charge on any atom is -0.361 e. The molecule has 118 valence electrons. The quantitative estimate of drug-likeness (QED) is 0.493. The summed E-state index contributed by atoms with van der Waals surface area (Å²) in [6, 6.07) is 4.66. The molecule has 22 heavy (non-hydrogen) atoms. The second-order valence-electron chi connectivity index (χ2n) is 4.24. The third-order valence-corrected chi connectivity index (χ3v) is 4.51. The molecule has 1 aromatic carbocycles. The van der Waals surface area contributed by atoms with Gasteiger partial charge in [0.15, 0.2) is 5.02 Å². The molecule has 0 spiro atoms. The van der Waals surface area contributed by atoms with Gasteiger partial charge in [-0.2, -0.15) is 0 Å². The van der Waals surface area contributed by atoms with Crippen molar-refractivity contribution < 1.29 is 9.66 Å². The molecule has 0 amide bonds. The Hall–Kier alpha value is -0.980. The van der Waals surface area contributed by atoms with E-state index in [4.69, 9.17) is 51.1 Å². The van der Waals surface area contributed by atoms with Gasteiger partial charge in [0, 0.05) is 12.2 Å². The van der Waals surface area contributed by atoms with Crippen LogP contribution in [0.4, 0.5) is 5.69 Å².